The second-order valence-electron chi connectivity index (χ2n) is 4.99. The summed E-state index contributed by atoms with van der Waals surface area (Å²) in [6.07, 6.45) is 2.80. The van der Waals surface area contributed by atoms with Crippen LogP contribution >= 0.6 is 0 Å². The molecule has 0 radical (unpaired) electrons. The van der Waals surface area contributed by atoms with Gasteiger partial charge in [-0.15, -0.1) is 0 Å². The van der Waals surface area contributed by atoms with E-state index in [1.807, 2.05) is 0 Å². The van der Waals surface area contributed by atoms with Crippen molar-refractivity contribution < 1.29 is 14.3 Å². The summed E-state index contributed by atoms with van der Waals surface area (Å²) in [6, 6.07) is 1.65. The van der Waals surface area contributed by atoms with Gasteiger partial charge in [-0.3, -0.25) is 14.6 Å². The Labute approximate surface area is 117 Å². The normalized spacial score (nSPS) is 16.0. The van der Waals surface area contributed by atoms with Crippen LogP contribution in [-0.2, 0) is 9.53 Å². The smallest absolute Gasteiger partial charge is 0.308 e. The van der Waals surface area contributed by atoms with Crippen LogP contribution in [0.1, 0.15) is 28.9 Å². The molecule has 1 fully saturated rings. The highest BCUT2D eigenvalue weighted by molar-refractivity contribution is 5.96. The summed E-state index contributed by atoms with van der Waals surface area (Å²) in [7, 11) is 1.39. The van der Waals surface area contributed by atoms with Crippen molar-refractivity contribution in [3.05, 3.63) is 23.5 Å². The van der Waals surface area contributed by atoms with E-state index in [1.165, 1.54) is 13.3 Å². The van der Waals surface area contributed by atoms with E-state index in [9.17, 15) is 9.59 Å². The van der Waals surface area contributed by atoms with E-state index in [0.29, 0.717) is 42.9 Å². The first-order valence-corrected chi connectivity index (χ1v) is 6.62. The Balaban J connectivity index is 2.05. The molecule has 0 aliphatic carbocycles. The molecule has 1 aromatic heterocycles. The number of hydrogen-bond acceptors (Lipinski definition) is 5. The lowest BCUT2D eigenvalue weighted by atomic mass is 9.96. The highest BCUT2D eigenvalue weighted by atomic mass is 16.5. The number of likely N-dealkylation sites (tertiary alicyclic amines) is 1. The van der Waals surface area contributed by atoms with Crippen LogP contribution in [0.3, 0.4) is 0 Å². The molecule has 0 aromatic carbocycles. The predicted molar refractivity (Wildman–Crippen MR) is 74.0 cm³/mol. The minimum atomic E-state index is -0.195. The van der Waals surface area contributed by atoms with E-state index in [4.69, 9.17) is 10.5 Å². The monoisotopic (exact) mass is 277 g/mol. The number of amides is 1. The third kappa shape index (κ3) is 2.89. The van der Waals surface area contributed by atoms with E-state index in [-0.39, 0.29) is 17.8 Å². The molecule has 0 saturated carbocycles. The number of methoxy groups -OCH3 is 1. The van der Waals surface area contributed by atoms with Crippen LogP contribution in [0.25, 0.3) is 0 Å². The Morgan fingerprint density at radius 1 is 1.40 bits per heavy atom. The Morgan fingerprint density at radius 3 is 2.65 bits per heavy atom. The van der Waals surface area contributed by atoms with Gasteiger partial charge < -0.3 is 15.4 Å². The quantitative estimate of drug-likeness (QED) is 0.815. The van der Waals surface area contributed by atoms with Gasteiger partial charge in [-0.2, -0.15) is 0 Å². The Morgan fingerprint density at radius 2 is 2.05 bits per heavy atom. The van der Waals surface area contributed by atoms with Crippen LogP contribution in [-0.4, -0.2) is 42.0 Å². The number of carbonyl (C=O) groups is 2. The summed E-state index contributed by atoms with van der Waals surface area (Å²) in [5, 5.41) is 0. The molecule has 6 heteroatoms. The van der Waals surface area contributed by atoms with Gasteiger partial charge in [-0.05, 0) is 25.8 Å². The minimum Gasteiger partial charge on any atom is -0.469 e. The van der Waals surface area contributed by atoms with E-state index >= 15 is 0 Å². The van der Waals surface area contributed by atoms with E-state index in [1.54, 1.807) is 17.9 Å². The van der Waals surface area contributed by atoms with Crippen molar-refractivity contribution in [3.8, 4) is 0 Å². The zero-order valence-electron chi connectivity index (χ0n) is 11.8. The Bertz CT molecular complexity index is 522. The molecule has 0 atom stereocenters. The molecule has 1 aromatic rings. The summed E-state index contributed by atoms with van der Waals surface area (Å²) in [4.78, 5) is 29.7. The van der Waals surface area contributed by atoms with Gasteiger partial charge in [0.05, 0.1) is 36.2 Å². The van der Waals surface area contributed by atoms with E-state index in [2.05, 4.69) is 4.98 Å². The standard InChI is InChI=1S/C14H19N3O3/c1-9-12(7-11(15)8-16-9)13(18)17-5-3-10(4-6-17)14(19)20-2/h7-8,10H,3-6,15H2,1-2H3. The van der Waals surface area contributed by atoms with E-state index in [0.717, 1.165) is 0 Å². The lowest BCUT2D eigenvalue weighted by Crippen LogP contribution is -2.40. The van der Waals surface area contributed by atoms with Crippen LogP contribution in [0.15, 0.2) is 12.3 Å². The largest absolute Gasteiger partial charge is 0.469 e. The number of piperidine rings is 1. The fraction of sp³-hybridized carbons (Fsp3) is 0.500. The van der Waals surface area contributed by atoms with Gasteiger partial charge in [-0.25, -0.2) is 0 Å². The summed E-state index contributed by atoms with van der Waals surface area (Å²) < 4.78 is 4.74. The molecule has 0 unspecified atom stereocenters. The molecule has 2 heterocycles. The number of nitrogens with two attached hydrogens (primary N) is 1. The SMILES string of the molecule is COC(=O)C1CCN(C(=O)c2cc(N)cnc2C)CC1. The number of aromatic nitrogens is 1. The predicted octanol–water partition coefficient (Wildman–Crippen LogP) is 0.997. The number of carbonyl (C=O) groups excluding carboxylic acids is 2. The second-order valence-corrected chi connectivity index (χ2v) is 4.99. The Kier molecular flexibility index (Phi) is 4.22. The third-order valence-electron chi connectivity index (χ3n) is 3.66. The summed E-state index contributed by atoms with van der Waals surface area (Å²) in [5.74, 6) is -0.381. The van der Waals surface area contributed by atoms with Crippen LogP contribution in [0, 0.1) is 12.8 Å². The van der Waals surface area contributed by atoms with Crippen LogP contribution in [0.2, 0.25) is 0 Å². The van der Waals surface area contributed by atoms with Gasteiger partial charge in [0.25, 0.3) is 5.91 Å². The topological polar surface area (TPSA) is 85.5 Å². The lowest BCUT2D eigenvalue weighted by molar-refractivity contribution is -0.146. The molecule has 1 saturated heterocycles. The summed E-state index contributed by atoms with van der Waals surface area (Å²) >= 11 is 0. The van der Waals surface area contributed by atoms with Crippen molar-refractivity contribution in [2.75, 3.05) is 25.9 Å². The van der Waals surface area contributed by atoms with Crippen LogP contribution in [0.5, 0.6) is 0 Å². The lowest BCUT2D eigenvalue weighted by Gasteiger charge is -2.31. The maximum atomic E-state index is 12.4. The van der Waals surface area contributed by atoms with Crippen molar-refractivity contribution in [1.29, 1.82) is 0 Å². The number of ether oxygens (including phenoxy) is 1. The number of hydrogen-bond donors (Lipinski definition) is 1. The van der Waals surface area contributed by atoms with Gasteiger partial charge in [0, 0.05) is 13.1 Å². The van der Waals surface area contributed by atoms with Gasteiger partial charge in [0.15, 0.2) is 0 Å². The number of esters is 1. The number of aryl methyl sites for hydroxylation is 1. The highest BCUT2D eigenvalue weighted by Crippen LogP contribution is 2.21. The zero-order valence-corrected chi connectivity index (χ0v) is 11.8. The van der Waals surface area contributed by atoms with Gasteiger partial charge in [0.1, 0.15) is 0 Å². The number of pyridine rings is 1. The molecule has 0 spiro atoms. The molecule has 1 amide bonds. The van der Waals surface area contributed by atoms with Crippen LogP contribution in [0.4, 0.5) is 5.69 Å². The molecule has 1 aliphatic rings. The van der Waals surface area contributed by atoms with Crippen molar-refractivity contribution in [2.24, 2.45) is 5.92 Å². The van der Waals surface area contributed by atoms with Crippen molar-refractivity contribution in [3.63, 3.8) is 0 Å². The number of nitrogens with zero attached hydrogens (tertiary/aromatic N) is 2. The maximum Gasteiger partial charge on any atom is 0.308 e. The first-order valence-electron chi connectivity index (χ1n) is 6.62. The molecule has 20 heavy (non-hydrogen) atoms. The van der Waals surface area contributed by atoms with Gasteiger partial charge >= 0.3 is 5.97 Å². The first-order chi connectivity index (χ1) is 9.52. The fourth-order valence-corrected chi connectivity index (χ4v) is 2.42. The number of anilines is 1. The third-order valence-corrected chi connectivity index (χ3v) is 3.66. The number of rotatable bonds is 2. The summed E-state index contributed by atoms with van der Waals surface area (Å²) in [5.41, 5.74) is 7.35. The maximum absolute atomic E-state index is 12.4. The zero-order chi connectivity index (χ0) is 14.7. The summed E-state index contributed by atoms with van der Waals surface area (Å²) in [6.45, 7) is 2.88. The van der Waals surface area contributed by atoms with Crippen molar-refractivity contribution in [2.45, 2.75) is 19.8 Å². The minimum absolute atomic E-state index is 0.0781. The van der Waals surface area contributed by atoms with Crippen molar-refractivity contribution >= 4 is 17.6 Å². The fourth-order valence-electron chi connectivity index (χ4n) is 2.42. The molecule has 0 bridgehead atoms. The van der Waals surface area contributed by atoms with Crippen LogP contribution < -0.4 is 5.73 Å². The van der Waals surface area contributed by atoms with Gasteiger partial charge in [-0.1, -0.05) is 0 Å². The first kappa shape index (κ1) is 14.3. The molecule has 2 N–H and O–H groups in total. The van der Waals surface area contributed by atoms with E-state index < -0.39 is 0 Å². The average molecular weight is 277 g/mol. The second kappa shape index (κ2) is 5.90. The molecule has 6 nitrogen and oxygen atoms in total. The van der Waals surface area contributed by atoms with Gasteiger partial charge in [0.2, 0.25) is 0 Å². The molecule has 2 rings (SSSR count). The Hall–Kier alpha value is -2.11. The average Bonchev–Trinajstić information content (AvgIpc) is 2.48. The molecular formula is C14H19N3O3. The molecule has 1 aliphatic heterocycles. The molecule has 108 valence electrons. The van der Waals surface area contributed by atoms with Crippen molar-refractivity contribution in [1.82, 2.24) is 9.88 Å². The highest BCUT2D eigenvalue weighted by Gasteiger charge is 2.29. The molecular weight excluding hydrogens is 258 g/mol. The number of nitrogen functional groups attached to an aromatic ring is 1.